The van der Waals surface area contributed by atoms with Crippen LogP contribution in [-0.2, 0) is 11.3 Å². The van der Waals surface area contributed by atoms with Gasteiger partial charge in [-0.3, -0.25) is 0 Å². The molecule has 0 bridgehead atoms. The van der Waals surface area contributed by atoms with E-state index in [1.807, 2.05) is 0 Å². The Morgan fingerprint density at radius 2 is 2.21 bits per heavy atom. The van der Waals surface area contributed by atoms with Gasteiger partial charge in [-0.15, -0.1) is 5.10 Å². The summed E-state index contributed by atoms with van der Waals surface area (Å²) < 4.78 is 11.6. The van der Waals surface area contributed by atoms with Crippen LogP contribution in [0.3, 0.4) is 0 Å². The van der Waals surface area contributed by atoms with Crippen LogP contribution in [0.4, 0.5) is 6.01 Å². The van der Waals surface area contributed by atoms with Crippen LogP contribution in [0.5, 0.6) is 0 Å². The van der Waals surface area contributed by atoms with E-state index in [0.717, 1.165) is 32.5 Å². The van der Waals surface area contributed by atoms with Gasteiger partial charge in [0.15, 0.2) is 0 Å². The van der Waals surface area contributed by atoms with Gasteiger partial charge >= 0.3 is 6.01 Å². The molecule has 6 heteroatoms. The number of ether oxygens (including phenoxy) is 1. The number of nitrogens with zero attached hydrogens (tertiary/aromatic N) is 3. The fraction of sp³-hybridized carbons (Fsp3) is 0.846. The second kappa shape index (κ2) is 5.88. The monoisotopic (exact) mass is 266 g/mol. The summed E-state index contributed by atoms with van der Waals surface area (Å²) in [5.74, 6) is 0.663. The third-order valence-corrected chi connectivity index (χ3v) is 3.96. The van der Waals surface area contributed by atoms with Gasteiger partial charge in [0.1, 0.15) is 0 Å². The first kappa shape index (κ1) is 12.9. The van der Waals surface area contributed by atoms with Crippen molar-refractivity contribution in [3.63, 3.8) is 0 Å². The Kier molecular flexibility index (Phi) is 3.98. The number of hydrogen-bond acceptors (Lipinski definition) is 6. The standard InChI is InChI=1S/C13H22N4O2/c1-2-14-9-12-15-16-13(19-12)17-7-8-18-11-6-4-3-5-10(11)17/h10-11,14H,2-9H2,1H3. The molecule has 0 aromatic carbocycles. The van der Waals surface area contributed by atoms with E-state index < -0.39 is 0 Å². The van der Waals surface area contributed by atoms with Crippen LogP contribution in [0.25, 0.3) is 0 Å². The Labute approximate surface area is 113 Å². The molecule has 2 aliphatic rings. The van der Waals surface area contributed by atoms with Crippen molar-refractivity contribution in [3.8, 4) is 0 Å². The highest BCUT2D eigenvalue weighted by Gasteiger charge is 2.36. The molecule has 6 nitrogen and oxygen atoms in total. The van der Waals surface area contributed by atoms with Gasteiger partial charge in [0.2, 0.25) is 5.89 Å². The zero-order chi connectivity index (χ0) is 13.1. The van der Waals surface area contributed by atoms with Crippen LogP contribution >= 0.6 is 0 Å². The first-order valence-electron chi connectivity index (χ1n) is 7.30. The molecule has 2 heterocycles. The van der Waals surface area contributed by atoms with Crippen molar-refractivity contribution in [1.82, 2.24) is 15.5 Å². The summed E-state index contributed by atoms with van der Waals surface area (Å²) in [5, 5.41) is 11.5. The van der Waals surface area contributed by atoms with Gasteiger partial charge in [0, 0.05) is 6.54 Å². The van der Waals surface area contributed by atoms with Crippen LogP contribution in [0.1, 0.15) is 38.5 Å². The van der Waals surface area contributed by atoms with Crippen LogP contribution in [0.2, 0.25) is 0 Å². The van der Waals surface area contributed by atoms with E-state index in [0.29, 0.717) is 30.6 Å². The highest BCUT2D eigenvalue weighted by molar-refractivity contribution is 5.29. The zero-order valence-corrected chi connectivity index (χ0v) is 11.5. The molecule has 1 aliphatic carbocycles. The van der Waals surface area contributed by atoms with Crippen molar-refractivity contribution in [2.24, 2.45) is 0 Å². The summed E-state index contributed by atoms with van der Waals surface area (Å²) in [7, 11) is 0. The second-order valence-corrected chi connectivity index (χ2v) is 5.21. The van der Waals surface area contributed by atoms with Crippen LogP contribution in [-0.4, -0.2) is 42.0 Å². The van der Waals surface area contributed by atoms with Crippen molar-refractivity contribution in [2.45, 2.75) is 51.3 Å². The lowest BCUT2D eigenvalue weighted by Crippen LogP contribution is -2.53. The van der Waals surface area contributed by atoms with E-state index >= 15 is 0 Å². The van der Waals surface area contributed by atoms with Crippen LogP contribution in [0.15, 0.2) is 4.42 Å². The Morgan fingerprint density at radius 3 is 3.11 bits per heavy atom. The minimum atomic E-state index is 0.339. The molecule has 1 saturated heterocycles. The number of anilines is 1. The summed E-state index contributed by atoms with van der Waals surface area (Å²) in [6, 6.07) is 1.07. The highest BCUT2D eigenvalue weighted by Crippen LogP contribution is 2.31. The highest BCUT2D eigenvalue weighted by atomic mass is 16.5. The second-order valence-electron chi connectivity index (χ2n) is 5.21. The Hall–Kier alpha value is -1.14. The minimum Gasteiger partial charge on any atom is -0.407 e. The average Bonchev–Trinajstić information content (AvgIpc) is 2.93. The quantitative estimate of drug-likeness (QED) is 0.887. The number of morpholine rings is 1. The maximum absolute atomic E-state index is 5.86. The van der Waals surface area contributed by atoms with Gasteiger partial charge in [-0.25, -0.2) is 0 Å². The maximum Gasteiger partial charge on any atom is 0.318 e. The summed E-state index contributed by atoms with van der Waals surface area (Å²) >= 11 is 0. The van der Waals surface area contributed by atoms with E-state index in [-0.39, 0.29) is 0 Å². The van der Waals surface area contributed by atoms with E-state index in [4.69, 9.17) is 9.15 Å². The van der Waals surface area contributed by atoms with Gasteiger partial charge < -0.3 is 19.4 Å². The summed E-state index contributed by atoms with van der Waals surface area (Å²) in [4.78, 5) is 2.25. The Bertz CT molecular complexity index is 407. The Balaban J connectivity index is 1.70. The van der Waals surface area contributed by atoms with Crippen molar-refractivity contribution in [1.29, 1.82) is 0 Å². The molecular weight excluding hydrogens is 244 g/mol. The molecule has 1 aromatic rings. The van der Waals surface area contributed by atoms with Gasteiger partial charge in [-0.2, -0.15) is 0 Å². The van der Waals surface area contributed by atoms with Gasteiger partial charge in [-0.1, -0.05) is 24.9 Å². The molecule has 1 N–H and O–H groups in total. The molecule has 1 saturated carbocycles. The Morgan fingerprint density at radius 1 is 1.32 bits per heavy atom. The first-order valence-corrected chi connectivity index (χ1v) is 7.30. The van der Waals surface area contributed by atoms with Gasteiger partial charge in [-0.05, 0) is 19.4 Å². The van der Waals surface area contributed by atoms with Crippen molar-refractivity contribution < 1.29 is 9.15 Å². The molecule has 2 atom stereocenters. The zero-order valence-electron chi connectivity index (χ0n) is 11.5. The van der Waals surface area contributed by atoms with E-state index in [1.54, 1.807) is 0 Å². The van der Waals surface area contributed by atoms with Crippen molar-refractivity contribution in [2.75, 3.05) is 24.6 Å². The molecule has 0 spiro atoms. The number of hydrogen-bond donors (Lipinski definition) is 1. The molecule has 1 aromatic heterocycles. The molecule has 0 amide bonds. The van der Waals surface area contributed by atoms with E-state index in [1.165, 1.54) is 12.8 Å². The number of nitrogens with one attached hydrogen (secondary N) is 1. The lowest BCUT2D eigenvalue weighted by molar-refractivity contribution is -0.0106. The molecule has 0 radical (unpaired) electrons. The molecule has 19 heavy (non-hydrogen) atoms. The fourth-order valence-corrected chi connectivity index (χ4v) is 3.00. The topological polar surface area (TPSA) is 63.4 Å². The third kappa shape index (κ3) is 2.74. The maximum atomic E-state index is 5.86. The first-order chi connectivity index (χ1) is 9.38. The molecular formula is C13H22N4O2. The smallest absolute Gasteiger partial charge is 0.318 e. The lowest BCUT2D eigenvalue weighted by atomic mass is 9.90. The third-order valence-electron chi connectivity index (χ3n) is 3.96. The summed E-state index contributed by atoms with van der Waals surface area (Å²) in [6.07, 6.45) is 5.19. The van der Waals surface area contributed by atoms with E-state index in [9.17, 15) is 0 Å². The molecule has 1 aliphatic heterocycles. The summed E-state index contributed by atoms with van der Waals surface area (Å²) in [5.41, 5.74) is 0. The number of aromatic nitrogens is 2. The molecule has 2 fully saturated rings. The van der Waals surface area contributed by atoms with Crippen molar-refractivity contribution in [3.05, 3.63) is 5.89 Å². The minimum absolute atomic E-state index is 0.339. The summed E-state index contributed by atoms with van der Waals surface area (Å²) in [6.45, 7) is 5.21. The van der Waals surface area contributed by atoms with Crippen molar-refractivity contribution >= 4 is 6.01 Å². The molecule has 106 valence electrons. The van der Waals surface area contributed by atoms with Gasteiger partial charge in [0.25, 0.3) is 0 Å². The van der Waals surface area contributed by atoms with Gasteiger partial charge in [0.05, 0.1) is 25.3 Å². The number of rotatable bonds is 4. The largest absolute Gasteiger partial charge is 0.407 e. The van der Waals surface area contributed by atoms with E-state index in [2.05, 4.69) is 27.3 Å². The average molecular weight is 266 g/mol. The molecule has 3 rings (SSSR count). The number of fused-ring (bicyclic) bond motifs is 1. The molecule has 2 unspecified atom stereocenters. The predicted octanol–water partition coefficient (Wildman–Crippen LogP) is 1.33. The van der Waals surface area contributed by atoms with Crippen LogP contribution in [0, 0.1) is 0 Å². The van der Waals surface area contributed by atoms with Crippen LogP contribution < -0.4 is 10.2 Å². The predicted molar refractivity (Wildman–Crippen MR) is 71.0 cm³/mol. The fourth-order valence-electron chi connectivity index (χ4n) is 3.00. The lowest BCUT2D eigenvalue weighted by Gasteiger charge is -2.42. The normalized spacial score (nSPS) is 27.3. The SMILES string of the molecule is CCNCc1nnc(N2CCOC3CCCCC32)o1.